The Labute approximate surface area is 77.5 Å². The molecule has 0 radical (unpaired) electrons. The van der Waals surface area contributed by atoms with Gasteiger partial charge in [0, 0.05) is 5.56 Å². The number of carbonyl (C=O) groups excluding carboxylic acids is 1. The number of esters is 1. The van der Waals surface area contributed by atoms with Crippen LogP contribution >= 0.6 is 0 Å². The van der Waals surface area contributed by atoms with Gasteiger partial charge >= 0.3 is 5.97 Å². The van der Waals surface area contributed by atoms with Crippen molar-refractivity contribution in [1.82, 2.24) is 0 Å². The maximum Gasteiger partial charge on any atom is 0.369 e. The number of rotatable bonds is 3. The molecule has 0 aliphatic heterocycles. The molecular weight excluding hydrogens is 166 g/mol. The standard InChI is InChI=1S/C10H13NO2/c1-2-13-10(12)9(11)8-6-4-3-5-7-8/h3-7,9H,2,11H2,1H3/p+1/t9-/m0/s1. The lowest BCUT2D eigenvalue weighted by atomic mass is 10.1. The second-order valence-electron chi connectivity index (χ2n) is 2.72. The molecule has 0 amide bonds. The highest BCUT2D eigenvalue weighted by Crippen LogP contribution is 2.08. The molecule has 70 valence electrons. The van der Waals surface area contributed by atoms with E-state index in [4.69, 9.17) is 4.74 Å². The fraction of sp³-hybridized carbons (Fsp3) is 0.300. The van der Waals surface area contributed by atoms with Crippen molar-refractivity contribution in [3.05, 3.63) is 35.9 Å². The number of carbonyl (C=O) groups is 1. The van der Waals surface area contributed by atoms with E-state index in [-0.39, 0.29) is 5.97 Å². The van der Waals surface area contributed by atoms with Crippen molar-refractivity contribution < 1.29 is 15.3 Å². The Kier molecular flexibility index (Phi) is 3.46. The summed E-state index contributed by atoms with van der Waals surface area (Å²) in [6.07, 6.45) is 0. The van der Waals surface area contributed by atoms with E-state index in [9.17, 15) is 4.79 Å². The molecule has 0 spiro atoms. The first-order chi connectivity index (χ1) is 6.25. The molecule has 1 aromatic rings. The Morgan fingerprint density at radius 1 is 1.46 bits per heavy atom. The van der Waals surface area contributed by atoms with E-state index in [0.717, 1.165) is 5.56 Å². The van der Waals surface area contributed by atoms with Gasteiger partial charge in [0.05, 0.1) is 6.61 Å². The summed E-state index contributed by atoms with van der Waals surface area (Å²) in [6, 6.07) is 8.99. The molecular formula is C10H14NO2+. The third kappa shape index (κ3) is 2.56. The Balaban J connectivity index is 2.68. The molecule has 1 atom stereocenters. The number of hydrogen-bond acceptors (Lipinski definition) is 2. The van der Waals surface area contributed by atoms with Crippen molar-refractivity contribution in [1.29, 1.82) is 0 Å². The van der Waals surface area contributed by atoms with E-state index in [1.807, 2.05) is 30.3 Å². The lowest BCUT2D eigenvalue weighted by molar-refractivity contribution is -0.414. The highest BCUT2D eigenvalue weighted by molar-refractivity contribution is 5.75. The van der Waals surface area contributed by atoms with E-state index in [0.29, 0.717) is 6.61 Å². The SMILES string of the molecule is CCOC(=O)[C@@H]([NH3+])c1ccccc1. The van der Waals surface area contributed by atoms with Crippen molar-refractivity contribution in [3.63, 3.8) is 0 Å². The van der Waals surface area contributed by atoms with Crippen LogP contribution in [0.1, 0.15) is 18.5 Å². The van der Waals surface area contributed by atoms with Gasteiger partial charge in [0.1, 0.15) is 0 Å². The van der Waals surface area contributed by atoms with Crippen LogP contribution in [0.25, 0.3) is 0 Å². The van der Waals surface area contributed by atoms with Gasteiger partial charge in [-0.3, -0.25) is 0 Å². The molecule has 3 N–H and O–H groups in total. The summed E-state index contributed by atoms with van der Waals surface area (Å²) in [6.45, 7) is 2.19. The van der Waals surface area contributed by atoms with E-state index < -0.39 is 6.04 Å². The predicted octanol–water partition coefficient (Wildman–Crippen LogP) is 0.533. The first-order valence-corrected chi connectivity index (χ1v) is 4.30. The van der Waals surface area contributed by atoms with Crippen LogP contribution in [0.5, 0.6) is 0 Å². The quantitative estimate of drug-likeness (QED) is 0.690. The third-order valence-corrected chi connectivity index (χ3v) is 1.77. The second-order valence-corrected chi connectivity index (χ2v) is 2.72. The smallest absolute Gasteiger partial charge is 0.369 e. The number of hydrogen-bond donors (Lipinski definition) is 1. The average Bonchev–Trinajstić information content (AvgIpc) is 2.18. The number of ether oxygens (including phenoxy) is 1. The molecule has 0 aliphatic carbocycles. The van der Waals surface area contributed by atoms with E-state index in [2.05, 4.69) is 5.73 Å². The van der Waals surface area contributed by atoms with E-state index >= 15 is 0 Å². The van der Waals surface area contributed by atoms with Gasteiger partial charge < -0.3 is 10.5 Å². The molecule has 0 aliphatic rings. The molecule has 0 heterocycles. The molecule has 0 aromatic heterocycles. The van der Waals surface area contributed by atoms with Gasteiger partial charge in [-0.05, 0) is 6.92 Å². The van der Waals surface area contributed by atoms with Crippen LogP contribution in [-0.2, 0) is 9.53 Å². The Morgan fingerprint density at radius 3 is 2.62 bits per heavy atom. The molecule has 3 heteroatoms. The highest BCUT2D eigenvalue weighted by Gasteiger charge is 2.19. The van der Waals surface area contributed by atoms with E-state index in [1.165, 1.54) is 0 Å². The van der Waals surface area contributed by atoms with Gasteiger partial charge in [-0.15, -0.1) is 0 Å². The third-order valence-electron chi connectivity index (χ3n) is 1.77. The Bertz CT molecular complexity index is 272. The maximum absolute atomic E-state index is 11.3. The first kappa shape index (κ1) is 9.74. The lowest BCUT2D eigenvalue weighted by Crippen LogP contribution is -2.57. The molecule has 1 rings (SSSR count). The van der Waals surface area contributed by atoms with Crippen molar-refractivity contribution in [3.8, 4) is 0 Å². The molecule has 3 nitrogen and oxygen atoms in total. The van der Waals surface area contributed by atoms with Crippen molar-refractivity contribution >= 4 is 5.97 Å². The minimum atomic E-state index is -0.416. The molecule has 0 saturated heterocycles. The summed E-state index contributed by atoms with van der Waals surface area (Å²) < 4.78 is 4.86. The summed E-state index contributed by atoms with van der Waals surface area (Å²) in [5.74, 6) is -0.270. The number of benzene rings is 1. The van der Waals surface area contributed by atoms with Crippen LogP contribution in [0.4, 0.5) is 0 Å². The van der Waals surface area contributed by atoms with Gasteiger partial charge in [0.15, 0.2) is 0 Å². The first-order valence-electron chi connectivity index (χ1n) is 4.30. The molecule has 0 fully saturated rings. The monoisotopic (exact) mass is 180 g/mol. The molecule has 0 saturated carbocycles. The number of quaternary nitrogens is 1. The van der Waals surface area contributed by atoms with Crippen LogP contribution in [0.15, 0.2) is 30.3 Å². The zero-order chi connectivity index (χ0) is 9.68. The summed E-state index contributed by atoms with van der Waals surface area (Å²) in [5.41, 5.74) is 4.64. The van der Waals surface area contributed by atoms with Crippen LogP contribution < -0.4 is 5.73 Å². The molecule has 0 unspecified atom stereocenters. The van der Waals surface area contributed by atoms with Crippen molar-refractivity contribution in [2.75, 3.05) is 6.61 Å². The van der Waals surface area contributed by atoms with Crippen LogP contribution in [0.2, 0.25) is 0 Å². The Morgan fingerprint density at radius 2 is 2.08 bits per heavy atom. The normalized spacial score (nSPS) is 12.2. The van der Waals surface area contributed by atoms with Crippen molar-refractivity contribution in [2.24, 2.45) is 0 Å². The van der Waals surface area contributed by atoms with Gasteiger partial charge in [-0.25, -0.2) is 4.79 Å². The van der Waals surface area contributed by atoms with Gasteiger partial charge in [-0.1, -0.05) is 30.3 Å². The van der Waals surface area contributed by atoms with Crippen molar-refractivity contribution in [2.45, 2.75) is 13.0 Å². The van der Waals surface area contributed by atoms with Crippen LogP contribution in [-0.4, -0.2) is 12.6 Å². The lowest BCUT2D eigenvalue weighted by Gasteiger charge is -2.06. The van der Waals surface area contributed by atoms with Crippen LogP contribution in [0, 0.1) is 0 Å². The van der Waals surface area contributed by atoms with Gasteiger partial charge in [-0.2, -0.15) is 0 Å². The topological polar surface area (TPSA) is 53.9 Å². The minimum absolute atomic E-state index is 0.270. The zero-order valence-electron chi connectivity index (χ0n) is 7.69. The summed E-state index contributed by atoms with van der Waals surface area (Å²) in [7, 11) is 0. The summed E-state index contributed by atoms with van der Waals surface area (Å²) in [4.78, 5) is 11.3. The van der Waals surface area contributed by atoms with Gasteiger partial charge in [0.2, 0.25) is 6.04 Å². The average molecular weight is 180 g/mol. The largest absolute Gasteiger partial charge is 0.461 e. The fourth-order valence-electron chi connectivity index (χ4n) is 1.06. The van der Waals surface area contributed by atoms with Crippen LogP contribution in [0.3, 0.4) is 0 Å². The van der Waals surface area contributed by atoms with E-state index in [1.54, 1.807) is 6.92 Å². The fourth-order valence-corrected chi connectivity index (χ4v) is 1.06. The minimum Gasteiger partial charge on any atom is -0.461 e. The van der Waals surface area contributed by atoms with Gasteiger partial charge in [0.25, 0.3) is 0 Å². The second kappa shape index (κ2) is 4.62. The maximum atomic E-state index is 11.3. The Hall–Kier alpha value is -1.35. The zero-order valence-corrected chi connectivity index (χ0v) is 7.69. The summed E-state index contributed by atoms with van der Waals surface area (Å²) in [5, 5.41) is 0. The molecule has 0 bridgehead atoms. The molecule has 1 aromatic carbocycles. The predicted molar refractivity (Wildman–Crippen MR) is 48.7 cm³/mol. The summed E-state index contributed by atoms with van der Waals surface area (Å²) >= 11 is 0. The highest BCUT2D eigenvalue weighted by atomic mass is 16.5. The molecule has 13 heavy (non-hydrogen) atoms.